The Kier molecular flexibility index (Phi) is 5.49. The van der Waals surface area contributed by atoms with Crippen molar-refractivity contribution < 1.29 is 14.3 Å². The second kappa shape index (κ2) is 8.21. The fourth-order valence-electron chi connectivity index (χ4n) is 4.14. The number of carbonyl (C=O) groups is 2. The normalized spacial score (nSPS) is 21.3. The third-order valence-corrected chi connectivity index (χ3v) is 5.74. The van der Waals surface area contributed by atoms with E-state index in [0.717, 1.165) is 54.7 Å². The quantitative estimate of drug-likeness (QED) is 0.805. The summed E-state index contributed by atoms with van der Waals surface area (Å²) in [6.45, 7) is 1.43. The number of carbonyl (C=O) groups excluding carboxylic acids is 2. The minimum Gasteiger partial charge on any atom is -0.487 e. The number of para-hydroxylation sites is 1. The van der Waals surface area contributed by atoms with Gasteiger partial charge < -0.3 is 15.8 Å². The van der Waals surface area contributed by atoms with Gasteiger partial charge in [0.15, 0.2) is 0 Å². The van der Waals surface area contributed by atoms with Crippen LogP contribution in [-0.2, 0) is 11.2 Å². The minimum absolute atomic E-state index is 0.0503. The third-order valence-electron chi connectivity index (χ3n) is 5.74. The molecule has 1 fully saturated rings. The second-order valence-corrected chi connectivity index (χ2v) is 7.80. The first-order valence-electron chi connectivity index (χ1n) is 10.0. The predicted octanol–water partition coefficient (Wildman–Crippen LogP) is 1.75. The van der Waals surface area contributed by atoms with Crippen LogP contribution in [0.2, 0.25) is 0 Å². The van der Waals surface area contributed by atoms with Gasteiger partial charge in [-0.1, -0.05) is 24.6 Å². The molecule has 2 aliphatic heterocycles. The molecule has 7 heteroatoms. The van der Waals surface area contributed by atoms with Crippen LogP contribution in [0.1, 0.15) is 35.2 Å². The van der Waals surface area contributed by atoms with Gasteiger partial charge in [0.25, 0.3) is 0 Å². The molecule has 7 nitrogen and oxygen atoms in total. The molecule has 29 heavy (non-hydrogen) atoms. The number of benzene rings is 1. The van der Waals surface area contributed by atoms with Gasteiger partial charge in [-0.15, -0.1) is 0 Å². The Morgan fingerprint density at radius 3 is 2.97 bits per heavy atom. The fraction of sp³-hybridized carbons (Fsp3) is 0.409. The summed E-state index contributed by atoms with van der Waals surface area (Å²) in [5.41, 5.74) is 8.48. The van der Waals surface area contributed by atoms with Gasteiger partial charge in [0.05, 0.1) is 18.2 Å². The Bertz CT molecular complexity index is 930. The van der Waals surface area contributed by atoms with E-state index in [1.54, 1.807) is 12.3 Å². The van der Waals surface area contributed by atoms with Crippen molar-refractivity contribution in [1.82, 2.24) is 15.2 Å². The Balaban J connectivity index is 1.45. The van der Waals surface area contributed by atoms with Crippen molar-refractivity contribution in [1.29, 1.82) is 0 Å². The number of hydrogen-bond donors (Lipinski definition) is 2. The number of piperidine rings is 1. The van der Waals surface area contributed by atoms with Crippen LogP contribution in [0.15, 0.2) is 36.7 Å². The molecule has 3 heterocycles. The molecule has 0 unspecified atom stereocenters. The molecule has 2 aromatic rings. The summed E-state index contributed by atoms with van der Waals surface area (Å²) in [6.07, 6.45) is 6.91. The Hall–Kier alpha value is -2.93. The topological polar surface area (TPSA) is 97.5 Å². The number of hydrogen-bond acceptors (Lipinski definition) is 5. The zero-order valence-corrected chi connectivity index (χ0v) is 16.6. The average Bonchev–Trinajstić information content (AvgIpc) is 3.15. The number of aromatic nitrogens is 1. The van der Waals surface area contributed by atoms with Crippen LogP contribution < -0.4 is 15.8 Å². The van der Waals surface area contributed by atoms with Gasteiger partial charge in [-0.2, -0.15) is 0 Å². The molecule has 2 aliphatic rings. The van der Waals surface area contributed by atoms with Crippen LogP contribution in [0.4, 0.5) is 0 Å². The van der Waals surface area contributed by atoms with Crippen molar-refractivity contribution in [2.24, 2.45) is 5.73 Å². The van der Waals surface area contributed by atoms with Crippen LogP contribution in [0.25, 0.3) is 11.1 Å². The lowest BCUT2D eigenvalue weighted by molar-refractivity contribution is -0.127. The number of nitrogens with one attached hydrogen (secondary N) is 1. The maximum atomic E-state index is 12.6. The molecule has 2 amide bonds. The SMILES string of the molecule is CN1CCCC[C@@H]1C(=O)NC[C@H]1Cc2cccc(-c3cncc(C(N)=O)c3)c2O1. The van der Waals surface area contributed by atoms with E-state index in [-0.39, 0.29) is 18.1 Å². The van der Waals surface area contributed by atoms with E-state index in [0.29, 0.717) is 12.1 Å². The van der Waals surface area contributed by atoms with Crippen LogP contribution in [0.3, 0.4) is 0 Å². The number of fused-ring (bicyclic) bond motifs is 1. The predicted molar refractivity (Wildman–Crippen MR) is 110 cm³/mol. The number of ether oxygens (including phenoxy) is 1. The van der Waals surface area contributed by atoms with Crippen LogP contribution in [0, 0.1) is 0 Å². The van der Waals surface area contributed by atoms with Crippen molar-refractivity contribution >= 4 is 11.8 Å². The largest absolute Gasteiger partial charge is 0.487 e. The number of pyridine rings is 1. The molecule has 0 radical (unpaired) electrons. The van der Waals surface area contributed by atoms with E-state index in [9.17, 15) is 9.59 Å². The summed E-state index contributed by atoms with van der Waals surface area (Å²) < 4.78 is 6.19. The van der Waals surface area contributed by atoms with Crippen molar-refractivity contribution in [2.75, 3.05) is 20.1 Å². The highest BCUT2D eigenvalue weighted by Crippen LogP contribution is 2.38. The summed E-state index contributed by atoms with van der Waals surface area (Å²) in [5.74, 6) is 0.344. The molecule has 152 valence electrons. The second-order valence-electron chi connectivity index (χ2n) is 7.80. The maximum absolute atomic E-state index is 12.6. The van der Waals surface area contributed by atoms with Crippen molar-refractivity contribution in [3.8, 4) is 16.9 Å². The first kappa shape index (κ1) is 19.4. The smallest absolute Gasteiger partial charge is 0.250 e. The number of nitrogens with two attached hydrogens (primary N) is 1. The van der Waals surface area contributed by atoms with Crippen molar-refractivity contribution in [3.05, 3.63) is 47.8 Å². The molecule has 0 aliphatic carbocycles. The maximum Gasteiger partial charge on any atom is 0.250 e. The van der Waals surface area contributed by atoms with E-state index >= 15 is 0 Å². The molecule has 0 spiro atoms. The number of likely N-dealkylation sites (N-methyl/N-ethyl adjacent to an activating group) is 1. The van der Waals surface area contributed by atoms with Gasteiger partial charge in [-0.05, 0) is 38.1 Å². The van der Waals surface area contributed by atoms with E-state index in [2.05, 4.69) is 15.2 Å². The van der Waals surface area contributed by atoms with Crippen molar-refractivity contribution in [3.63, 3.8) is 0 Å². The van der Waals surface area contributed by atoms with E-state index in [4.69, 9.17) is 10.5 Å². The lowest BCUT2D eigenvalue weighted by Gasteiger charge is -2.31. The van der Waals surface area contributed by atoms with E-state index in [1.165, 1.54) is 6.20 Å². The molecule has 0 saturated carbocycles. The molecule has 3 N–H and O–H groups in total. The number of likely N-dealkylation sites (tertiary alicyclic amines) is 1. The first-order valence-corrected chi connectivity index (χ1v) is 10.0. The summed E-state index contributed by atoms with van der Waals surface area (Å²) in [4.78, 5) is 30.3. The standard InChI is InChI=1S/C22H26N4O3/c1-26-8-3-2-7-19(26)22(28)25-13-17-10-14-5-4-6-18(20(14)29-17)15-9-16(21(23)27)12-24-11-15/h4-6,9,11-12,17,19H,2-3,7-8,10,13H2,1H3,(H2,23,27)(H,25,28)/t17-,19-/m1/s1. The summed E-state index contributed by atoms with van der Waals surface area (Å²) in [6, 6.07) is 7.61. The fourth-order valence-corrected chi connectivity index (χ4v) is 4.14. The molecule has 2 atom stereocenters. The van der Waals surface area contributed by atoms with Crippen LogP contribution >= 0.6 is 0 Å². The van der Waals surface area contributed by atoms with Gasteiger partial charge >= 0.3 is 0 Å². The van der Waals surface area contributed by atoms with Gasteiger partial charge in [-0.25, -0.2) is 0 Å². The van der Waals surface area contributed by atoms with Crippen LogP contribution in [0.5, 0.6) is 5.75 Å². The Morgan fingerprint density at radius 1 is 1.31 bits per heavy atom. The zero-order chi connectivity index (χ0) is 20.4. The first-order chi connectivity index (χ1) is 14.0. The molecule has 0 bridgehead atoms. The van der Waals surface area contributed by atoms with E-state index in [1.807, 2.05) is 25.2 Å². The van der Waals surface area contributed by atoms with Gasteiger partial charge in [0.1, 0.15) is 11.9 Å². The third kappa shape index (κ3) is 4.10. The number of amides is 2. The summed E-state index contributed by atoms with van der Waals surface area (Å²) in [5, 5.41) is 3.06. The molecule has 1 aromatic heterocycles. The lowest BCUT2D eigenvalue weighted by Crippen LogP contribution is -2.49. The Labute approximate surface area is 170 Å². The number of nitrogens with zero attached hydrogens (tertiary/aromatic N) is 2. The zero-order valence-electron chi connectivity index (χ0n) is 16.6. The van der Waals surface area contributed by atoms with Gasteiger partial charge in [0.2, 0.25) is 11.8 Å². The molecule has 4 rings (SSSR count). The average molecular weight is 394 g/mol. The molecule has 1 aromatic carbocycles. The summed E-state index contributed by atoms with van der Waals surface area (Å²) in [7, 11) is 2.01. The van der Waals surface area contributed by atoms with Gasteiger partial charge in [0, 0.05) is 29.9 Å². The monoisotopic (exact) mass is 394 g/mol. The number of rotatable bonds is 5. The molecule has 1 saturated heterocycles. The number of primary amides is 1. The molecular formula is C22H26N4O3. The minimum atomic E-state index is -0.513. The summed E-state index contributed by atoms with van der Waals surface area (Å²) >= 11 is 0. The highest BCUT2D eigenvalue weighted by Gasteiger charge is 2.29. The Morgan fingerprint density at radius 2 is 2.17 bits per heavy atom. The highest BCUT2D eigenvalue weighted by atomic mass is 16.5. The van der Waals surface area contributed by atoms with Gasteiger partial charge in [-0.3, -0.25) is 19.5 Å². The molecular weight excluding hydrogens is 368 g/mol. The highest BCUT2D eigenvalue weighted by molar-refractivity contribution is 5.94. The van der Waals surface area contributed by atoms with Crippen molar-refractivity contribution in [2.45, 2.75) is 37.8 Å². The lowest BCUT2D eigenvalue weighted by atomic mass is 10.0. The van der Waals surface area contributed by atoms with Crippen LogP contribution in [-0.4, -0.2) is 54.0 Å². The van der Waals surface area contributed by atoms with E-state index < -0.39 is 5.91 Å².